The highest BCUT2D eigenvalue weighted by Gasteiger charge is 2.12. The summed E-state index contributed by atoms with van der Waals surface area (Å²) in [5.41, 5.74) is 6.27. The molecule has 0 radical (unpaired) electrons. The first-order valence-electron chi connectivity index (χ1n) is 6.92. The van der Waals surface area contributed by atoms with Crippen LogP contribution in [0.2, 0.25) is 5.02 Å². The molecule has 3 N–H and O–H groups in total. The van der Waals surface area contributed by atoms with E-state index in [1.165, 1.54) is 0 Å². The first-order chi connectivity index (χ1) is 9.46. The van der Waals surface area contributed by atoms with E-state index in [4.69, 9.17) is 22.1 Å². The van der Waals surface area contributed by atoms with Crippen LogP contribution in [0.5, 0.6) is 5.75 Å². The van der Waals surface area contributed by atoms with Crippen LogP contribution >= 0.6 is 11.6 Å². The van der Waals surface area contributed by atoms with Gasteiger partial charge >= 0.3 is 0 Å². The van der Waals surface area contributed by atoms with Crippen molar-refractivity contribution in [1.29, 1.82) is 0 Å². The Kier molecular flexibility index (Phi) is 6.82. The van der Waals surface area contributed by atoms with Gasteiger partial charge in [0, 0.05) is 12.1 Å². The van der Waals surface area contributed by atoms with Crippen LogP contribution in [0.4, 0.5) is 5.69 Å². The van der Waals surface area contributed by atoms with Gasteiger partial charge in [0.15, 0.2) is 0 Å². The smallest absolute Gasteiger partial charge is 0.224 e. The van der Waals surface area contributed by atoms with Crippen LogP contribution in [0, 0.1) is 5.92 Å². The highest BCUT2D eigenvalue weighted by atomic mass is 35.5. The molecule has 1 unspecified atom stereocenters. The third-order valence-electron chi connectivity index (χ3n) is 2.96. The Morgan fingerprint density at radius 2 is 2.15 bits per heavy atom. The molecule has 0 aliphatic rings. The number of nitrogens with two attached hydrogens (primary N) is 1. The average molecular weight is 299 g/mol. The number of ether oxygens (including phenoxy) is 1. The number of carbonyl (C=O) groups is 1. The number of anilines is 1. The van der Waals surface area contributed by atoms with Crippen LogP contribution in [-0.4, -0.2) is 18.6 Å². The van der Waals surface area contributed by atoms with E-state index in [2.05, 4.69) is 5.32 Å². The van der Waals surface area contributed by atoms with Gasteiger partial charge in [-0.3, -0.25) is 4.79 Å². The molecule has 0 bridgehead atoms. The maximum atomic E-state index is 11.9. The van der Waals surface area contributed by atoms with Crippen LogP contribution < -0.4 is 15.8 Å². The van der Waals surface area contributed by atoms with Crippen LogP contribution in [0.1, 0.15) is 33.6 Å². The van der Waals surface area contributed by atoms with Gasteiger partial charge < -0.3 is 15.8 Å². The summed E-state index contributed by atoms with van der Waals surface area (Å²) in [6, 6.07) is 5.24. The van der Waals surface area contributed by atoms with Crippen molar-refractivity contribution in [1.82, 2.24) is 0 Å². The number of amides is 1. The summed E-state index contributed by atoms with van der Waals surface area (Å²) in [4.78, 5) is 11.9. The van der Waals surface area contributed by atoms with E-state index < -0.39 is 0 Å². The molecule has 1 aromatic rings. The van der Waals surface area contributed by atoms with Crippen molar-refractivity contribution in [3.05, 3.63) is 23.2 Å². The van der Waals surface area contributed by atoms with Gasteiger partial charge in [-0.05, 0) is 44.5 Å². The number of rotatable bonds is 7. The molecule has 5 heteroatoms. The standard InChI is InChI=1S/C15H23ClN2O2/c1-4-11(9-17)7-15(19)18-12-5-6-14(13(16)8-12)20-10(2)3/h5-6,8,10-11H,4,7,9,17H2,1-3H3,(H,18,19). The Bertz CT molecular complexity index is 445. The van der Waals surface area contributed by atoms with Crippen LogP contribution in [0.15, 0.2) is 18.2 Å². The Balaban J connectivity index is 2.64. The summed E-state index contributed by atoms with van der Waals surface area (Å²) < 4.78 is 5.54. The van der Waals surface area contributed by atoms with Crippen LogP contribution in [0.3, 0.4) is 0 Å². The zero-order chi connectivity index (χ0) is 15.1. The average Bonchev–Trinajstić information content (AvgIpc) is 2.38. The molecule has 0 fully saturated rings. The molecule has 4 nitrogen and oxygen atoms in total. The largest absolute Gasteiger partial charge is 0.489 e. The summed E-state index contributed by atoms with van der Waals surface area (Å²) >= 11 is 6.12. The van der Waals surface area contributed by atoms with Crippen molar-refractivity contribution in [2.45, 2.75) is 39.7 Å². The maximum Gasteiger partial charge on any atom is 0.224 e. The lowest BCUT2D eigenvalue weighted by Gasteiger charge is -2.14. The quantitative estimate of drug-likeness (QED) is 0.810. The molecule has 1 atom stereocenters. The van der Waals surface area contributed by atoms with Crippen molar-refractivity contribution >= 4 is 23.2 Å². The minimum atomic E-state index is -0.0455. The van der Waals surface area contributed by atoms with E-state index in [1.807, 2.05) is 20.8 Å². The molecular weight excluding hydrogens is 276 g/mol. The lowest BCUT2D eigenvalue weighted by atomic mass is 10.0. The van der Waals surface area contributed by atoms with Gasteiger partial charge in [0.1, 0.15) is 5.75 Å². The minimum absolute atomic E-state index is 0.0455. The van der Waals surface area contributed by atoms with Gasteiger partial charge in [-0.15, -0.1) is 0 Å². The van der Waals surface area contributed by atoms with E-state index in [1.54, 1.807) is 18.2 Å². The van der Waals surface area contributed by atoms with Crippen molar-refractivity contribution in [3.63, 3.8) is 0 Å². The SMILES string of the molecule is CCC(CN)CC(=O)Nc1ccc(OC(C)C)c(Cl)c1. The van der Waals surface area contributed by atoms with Crippen LogP contribution in [-0.2, 0) is 4.79 Å². The Labute approximate surface area is 125 Å². The third kappa shape index (κ3) is 5.39. The highest BCUT2D eigenvalue weighted by Crippen LogP contribution is 2.28. The lowest BCUT2D eigenvalue weighted by molar-refractivity contribution is -0.117. The lowest BCUT2D eigenvalue weighted by Crippen LogP contribution is -2.21. The van der Waals surface area contributed by atoms with E-state index in [-0.39, 0.29) is 17.9 Å². The van der Waals surface area contributed by atoms with Crippen molar-refractivity contribution in [3.8, 4) is 5.75 Å². The molecule has 0 aromatic heterocycles. The van der Waals surface area contributed by atoms with E-state index in [9.17, 15) is 4.79 Å². The zero-order valence-corrected chi connectivity index (χ0v) is 13.0. The van der Waals surface area contributed by atoms with Gasteiger partial charge in [-0.25, -0.2) is 0 Å². The topological polar surface area (TPSA) is 64.4 Å². The number of carbonyl (C=O) groups excluding carboxylic acids is 1. The number of hydrogen-bond acceptors (Lipinski definition) is 3. The molecule has 1 amide bonds. The van der Waals surface area contributed by atoms with Gasteiger partial charge in [0.2, 0.25) is 5.91 Å². The van der Waals surface area contributed by atoms with E-state index in [0.29, 0.717) is 29.4 Å². The normalized spacial score (nSPS) is 12.3. The van der Waals surface area contributed by atoms with Gasteiger partial charge in [0.05, 0.1) is 11.1 Å². The molecule has 0 saturated carbocycles. The van der Waals surface area contributed by atoms with Crippen molar-refractivity contribution in [2.75, 3.05) is 11.9 Å². The molecule has 112 valence electrons. The van der Waals surface area contributed by atoms with Crippen molar-refractivity contribution in [2.24, 2.45) is 11.7 Å². The molecule has 0 spiro atoms. The Morgan fingerprint density at radius 1 is 1.45 bits per heavy atom. The zero-order valence-electron chi connectivity index (χ0n) is 12.3. The second-order valence-electron chi connectivity index (χ2n) is 5.07. The Morgan fingerprint density at radius 3 is 2.65 bits per heavy atom. The molecule has 0 heterocycles. The summed E-state index contributed by atoms with van der Waals surface area (Å²) in [5, 5.41) is 3.32. The highest BCUT2D eigenvalue weighted by molar-refractivity contribution is 6.32. The third-order valence-corrected chi connectivity index (χ3v) is 3.26. The number of benzene rings is 1. The molecule has 0 aliphatic carbocycles. The molecule has 1 aromatic carbocycles. The van der Waals surface area contributed by atoms with E-state index >= 15 is 0 Å². The second kappa shape index (κ2) is 8.12. The fourth-order valence-electron chi connectivity index (χ4n) is 1.80. The fourth-order valence-corrected chi connectivity index (χ4v) is 2.02. The molecular formula is C15H23ClN2O2. The molecule has 20 heavy (non-hydrogen) atoms. The van der Waals surface area contributed by atoms with Gasteiger partial charge in [0.25, 0.3) is 0 Å². The molecule has 0 aliphatic heterocycles. The maximum absolute atomic E-state index is 11.9. The first-order valence-corrected chi connectivity index (χ1v) is 7.30. The predicted octanol–water partition coefficient (Wildman–Crippen LogP) is 3.44. The fraction of sp³-hybridized carbons (Fsp3) is 0.533. The summed E-state index contributed by atoms with van der Waals surface area (Å²) in [6.07, 6.45) is 1.38. The number of hydrogen-bond donors (Lipinski definition) is 2. The van der Waals surface area contributed by atoms with Crippen molar-refractivity contribution < 1.29 is 9.53 Å². The summed E-state index contributed by atoms with van der Waals surface area (Å²) in [7, 11) is 0. The minimum Gasteiger partial charge on any atom is -0.489 e. The predicted molar refractivity (Wildman–Crippen MR) is 83.3 cm³/mol. The number of halogens is 1. The summed E-state index contributed by atoms with van der Waals surface area (Å²) in [5.74, 6) is 0.790. The molecule has 1 rings (SSSR count). The number of nitrogens with one attached hydrogen (secondary N) is 1. The summed E-state index contributed by atoms with van der Waals surface area (Å²) in [6.45, 7) is 6.42. The monoisotopic (exact) mass is 298 g/mol. The van der Waals surface area contributed by atoms with Gasteiger partial charge in [-0.2, -0.15) is 0 Å². The van der Waals surface area contributed by atoms with Crippen LogP contribution in [0.25, 0.3) is 0 Å². The second-order valence-corrected chi connectivity index (χ2v) is 5.48. The van der Waals surface area contributed by atoms with Gasteiger partial charge in [-0.1, -0.05) is 24.9 Å². The molecule has 0 saturated heterocycles. The Hall–Kier alpha value is -1.26. The van der Waals surface area contributed by atoms with E-state index in [0.717, 1.165) is 6.42 Å². The first kappa shape index (κ1) is 16.8.